The number of rotatable bonds is 1. The predicted octanol–water partition coefficient (Wildman–Crippen LogP) is -0.954. The minimum absolute atomic E-state index is 0.233. The fraction of sp³-hybridized carbons (Fsp3) is 1.00. The molecule has 0 bridgehead atoms. The van der Waals surface area contributed by atoms with Crippen molar-refractivity contribution in [2.45, 2.75) is 45.3 Å². The van der Waals surface area contributed by atoms with Crippen LogP contribution in [0.5, 0.6) is 0 Å². The molecule has 0 amide bonds. The molecule has 1 aliphatic heterocycles. The second-order valence-corrected chi connectivity index (χ2v) is 5.21. The van der Waals surface area contributed by atoms with E-state index in [9.17, 15) is 10.2 Å². The topological polar surface area (TPSA) is 95.9 Å². The minimum Gasteiger partial charge on any atom is -0.394 e. The van der Waals surface area contributed by atoms with E-state index in [4.69, 9.17) is 15.6 Å². The summed E-state index contributed by atoms with van der Waals surface area (Å²) in [7, 11) is 0. The van der Waals surface area contributed by atoms with Gasteiger partial charge in [-0.05, 0) is 5.41 Å². The lowest BCUT2D eigenvalue weighted by Crippen LogP contribution is -2.62. The Kier molecular flexibility index (Phi) is 3.73. The van der Waals surface area contributed by atoms with Gasteiger partial charge in [0.05, 0.1) is 24.9 Å². The van der Waals surface area contributed by atoms with Gasteiger partial charge in [0.2, 0.25) is 0 Å². The molecule has 0 aromatic rings. The van der Waals surface area contributed by atoms with Crippen LogP contribution in [0.4, 0.5) is 0 Å². The number of hydrogen-bond acceptors (Lipinski definition) is 5. The highest BCUT2D eigenvalue weighted by Crippen LogP contribution is 2.37. The third-order valence-electron chi connectivity index (χ3n) is 2.99. The Bertz CT molecular complexity index is 214. The van der Waals surface area contributed by atoms with Crippen LogP contribution in [0.2, 0.25) is 0 Å². The summed E-state index contributed by atoms with van der Waals surface area (Å²) >= 11 is 0. The van der Waals surface area contributed by atoms with Crippen LogP contribution in [0.25, 0.3) is 0 Å². The molecule has 15 heavy (non-hydrogen) atoms. The molecule has 5 heteroatoms. The van der Waals surface area contributed by atoms with Gasteiger partial charge >= 0.3 is 0 Å². The Labute approximate surface area is 89.9 Å². The molecule has 1 fully saturated rings. The van der Waals surface area contributed by atoms with Crippen molar-refractivity contribution in [1.82, 2.24) is 0 Å². The summed E-state index contributed by atoms with van der Waals surface area (Å²) < 4.78 is 5.18. The first kappa shape index (κ1) is 12.9. The highest BCUT2D eigenvalue weighted by Gasteiger charge is 2.47. The summed E-state index contributed by atoms with van der Waals surface area (Å²) in [5.74, 6) is -0.291. The van der Waals surface area contributed by atoms with E-state index >= 15 is 0 Å². The quantitative estimate of drug-likeness (QED) is 0.456. The standard InChI is InChI=1S/C10H21NO4/c1-10(2,3)6-5(4-12)15-9(14)7(11)8(6)13/h5-9,12-14H,4,11H2,1-3H3. The Morgan fingerprint density at radius 2 is 1.80 bits per heavy atom. The number of ether oxygens (including phenoxy) is 1. The molecule has 0 radical (unpaired) electrons. The maximum absolute atomic E-state index is 9.97. The van der Waals surface area contributed by atoms with E-state index in [1.165, 1.54) is 0 Å². The molecule has 5 nitrogen and oxygen atoms in total. The van der Waals surface area contributed by atoms with Crippen molar-refractivity contribution in [3.63, 3.8) is 0 Å². The summed E-state index contributed by atoms with van der Waals surface area (Å²) in [5, 5.41) is 28.5. The molecular formula is C10H21NO4. The first-order valence-electron chi connectivity index (χ1n) is 5.17. The van der Waals surface area contributed by atoms with E-state index in [2.05, 4.69) is 0 Å². The molecule has 0 saturated carbocycles. The van der Waals surface area contributed by atoms with Crippen LogP contribution in [0.3, 0.4) is 0 Å². The molecular weight excluding hydrogens is 198 g/mol. The fourth-order valence-electron chi connectivity index (χ4n) is 2.21. The van der Waals surface area contributed by atoms with Crippen molar-refractivity contribution < 1.29 is 20.1 Å². The summed E-state index contributed by atoms with van der Waals surface area (Å²) in [6.07, 6.45) is -2.66. The fourth-order valence-corrected chi connectivity index (χ4v) is 2.21. The Hall–Kier alpha value is -0.200. The summed E-state index contributed by atoms with van der Waals surface area (Å²) in [5.41, 5.74) is 5.37. The first-order chi connectivity index (χ1) is 6.79. The van der Waals surface area contributed by atoms with Gasteiger partial charge in [-0.3, -0.25) is 0 Å². The predicted molar refractivity (Wildman–Crippen MR) is 54.9 cm³/mol. The number of hydrogen-bond donors (Lipinski definition) is 4. The lowest BCUT2D eigenvalue weighted by atomic mass is 9.71. The van der Waals surface area contributed by atoms with Gasteiger partial charge in [0.25, 0.3) is 0 Å². The molecule has 1 rings (SSSR count). The van der Waals surface area contributed by atoms with Crippen LogP contribution in [-0.2, 0) is 4.74 Å². The zero-order valence-corrected chi connectivity index (χ0v) is 9.42. The lowest BCUT2D eigenvalue weighted by Gasteiger charge is -2.46. The first-order valence-corrected chi connectivity index (χ1v) is 5.17. The zero-order chi connectivity index (χ0) is 11.8. The van der Waals surface area contributed by atoms with E-state index in [1.807, 2.05) is 20.8 Å². The van der Waals surface area contributed by atoms with Crippen molar-refractivity contribution >= 4 is 0 Å². The summed E-state index contributed by atoms with van der Waals surface area (Å²) in [6, 6.07) is -0.822. The van der Waals surface area contributed by atoms with Crippen LogP contribution in [0.15, 0.2) is 0 Å². The molecule has 0 aliphatic carbocycles. The third kappa shape index (κ3) is 2.49. The van der Waals surface area contributed by atoms with Crippen LogP contribution in [-0.4, -0.2) is 46.5 Å². The van der Waals surface area contributed by atoms with Gasteiger partial charge in [0.15, 0.2) is 6.29 Å². The molecule has 90 valence electrons. The van der Waals surface area contributed by atoms with Crippen LogP contribution < -0.4 is 5.73 Å². The van der Waals surface area contributed by atoms with Crippen molar-refractivity contribution in [2.24, 2.45) is 17.1 Å². The lowest BCUT2D eigenvalue weighted by molar-refractivity contribution is -0.248. The van der Waals surface area contributed by atoms with Crippen molar-refractivity contribution in [3.05, 3.63) is 0 Å². The van der Waals surface area contributed by atoms with Crippen LogP contribution in [0.1, 0.15) is 20.8 Å². The number of aliphatic hydroxyl groups is 3. The SMILES string of the molecule is CC(C)(C)C1C(CO)OC(O)C(N)C1O. The van der Waals surface area contributed by atoms with E-state index in [1.54, 1.807) is 0 Å². The highest BCUT2D eigenvalue weighted by molar-refractivity contribution is 4.95. The second-order valence-electron chi connectivity index (χ2n) is 5.21. The molecule has 0 aromatic heterocycles. The Morgan fingerprint density at radius 3 is 2.20 bits per heavy atom. The van der Waals surface area contributed by atoms with E-state index < -0.39 is 24.5 Å². The van der Waals surface area contributed by atoms with Crippen LogP contribution >= 0.6 is 0 Å². The molecule has 0 spiro atoms. The van der Waals surface area contributed by atoms with Crippen molar-refractivity contribution in [3.8, 4) is 0 Å². The Balaban J connectivity index is 2.90. The van der Waals surface area contributed by atoms with Crippen LogP contribution in [0, 0.1) is 11.3 Å². The normalized spacial score (nSPS) is 43.0. The molecule has 5 atom stereocenters. The van der Waals surface area contributed by atoms with E-state index in [0.29, 0.717) is 0 Å². The molecule has 5 N–H and O–H groups in total. The average Bonchev–Trinajstić information content (AvgIpc) is 2.11. The molecule has 1 heterocycles. The molecule has 5 unspecified atom stereocenters. The van der Waals surface area contributed by atoms with Gasteiger partial charge in [0.1, 0.15) is 0 Å². The van der Waals surface area contributed by atoms with E-state index in [0.717, 1.165) is 0 Å². The van der Waals surface area contributed by atoms with Gasteiger partial charge in [-0.25, -0.2) is 0 Å². The third-order valence-corrected chi connectivity index (χ3v) is 2.99. The minimum atomic E-state index is -1.21. The smallest absolute Gasteiger partial charge is 0.172 e. The monoisotopic (exact) mass is 219 g/mol. The van der Waals surface area contributed by atoms with Gasteiger partial charge in [0, 0.05) is 5.92 Å². The van der Waals surface area contributed by atoms with E-state index in [-0.39, 0.29) is 17.9 Å². The highest BCUT2D eigenvalue weighted by atomic mass is 16.6. The summed E-state index contributed by atoms with van der Waals surface area (Å²) in [6.45, 7) is 5.59. The van der Waals surface area contributed by atoms with Gasteiger partial charge in [-0.15, -0.1) is 0 Å². The maximum Gasteiger partial charge on any atom is 0.172 e. The zero-order valence-electron chi connectivity index (χ0n) is 9.42. The van der Waals surface area contributed by atoms with Gasteiger partial charge in [-0.1, -0.05) is 20.8 Å². The molecule has 1 aliphatic rings. The molecule has 0 aromatic carbocycles. The van der Waals surface area contributed by atoms with Gasteiger partial charge in [-0.2, -0.15) is 0 Å². The average molecular weight is 219 g/mol. The van der Waals surface area contributed by atoms with Gasteiger partial charge < -0.3 is 25.8 Å². The van der Waals surface area contributed by atoms with Crippen molar-refractivity contribution in [1.29, 1.82) is 0 Å². The van der Waals surface area contributed by atoms with Crippen molar-refractivity contribution in [2.75, 3.05) is 6.61 Å². The maximum atomic E-state index is 9.97. The summed E-state index contributed by atoms with van der Waals surface area (Å²) in [4.78, 5) is 0. The number of aliphatic hydroxyl groups excluding tert-OH is 3. The number of nitrogens with two attached hydrogens (primary N) is 1. The second kappa shape index (κ2) is 4.35. The Morgan fingerprint density at radius 1 is 1.27 bits per heavy atom. The largest absolute Gasteiger partial charge is 0.394 e. The molecule has 1 saturated heterocycles.